The van der Waals surface area contributed by atoms with E-state index >= 15 is 0 Å². The highest BCUT2D eigenvalue weighted by Gasteiger charge is 2.35. The van der Waals surface area contributed by atoms with Crippen LogP contribution >= 0.6 is 0 Å². The first-order valence-corrected chi connectivity index (χ1v) is 6.75. The molecule has 0 saturated carbocycles. The lowest BCUT2D eigenvalue weighted by Crippen LogP contribution is -2.06. The second kappa shape index (κ2) is 5.75. The molecule has 0 amide bonds. The van der Waals surface area contributed by atoms with Crippen molar-refractivity contribution in [3.63, 3.8) is 0 Å². The molecule has 0 spiro atoms. The number of aryl methyl sites for hydroxylation is 1. The molecule has 0 bridgehead atoms. The van der Waals surface area contributed by atoms with Gasteiger partial charge in [-0.15, -0.1) is 0 Å². The predicted octanol–water partition coefficient (Wildman–Crippen LogP) is 4.29. The third-order valence-electron chi connectivity index (χ3n) is 3.13. The van der Waals surface area contributed by atoms with E-state index in [1.807, 2.05) is 30.3 Å². The van der Waals surface area contributed by atoms with E-state index in [-0.39, 0.29) is 11.8 Å². The molecule has 7 heteroatoms. The monoisotopic (exact) mass is 319 g/mol. The van der Waals surface area contributed by atoms with Crippen LogP contribution in [0.2, 0.25) is 0 Å². The number of hydrogen-bond acceptors (Lipinski definition) is 3. The van der Waals surface area contributed by atoms with Gasteiger partial charge in [-0.3, -0.25) is 0 Å². The molecule has 23 heavy (non-hydrogen) atoms. The largest absolute Gasteiger partial charge is 0.435 e. The zero-order valence-electron chi connectivity index (χ0n) is 12.1. The number of halogens is 3. The highest BCUT2D eigenvalue weighted by atomic mass is 19.4. The summed E-state index contributed by atoms with van der Waals surface area (Å²) in [7, 11) is 1.38. The minimum absolute atomic E-state index is 0.0324. The zero-order valence-corrected chi connectivity index (χ0v) is 12.1. The van der Waals surface area contributed by atoms with Gasteiger partial charge < -0.3 is 4.74 Å². The first-order valence-electron chi connectivity index (χ1n) is 6.75. The molecule has 0 aliphatic carbocycles. The maximum Gasteiger partial charge on any atom is 0.435 e. The van der Waals surface area contributed by atoms with Crippen molar-refractivity contribution in [3.05, 3.63) is 60.3 Å². The average molecular weight is 319 g/mol. The molecule has 0 unspecified atom stereocenters. The summed E-state index contributed by atoms with van der Waals surface area (Å²) in [6, 6.07) is 15.4. The van der Waals surface area contributed by atoms with E-state index in [0.29, 0.717) is 5.69 Å². The van der Waals surface area contributed by atoms with Crippen molar-refractivity contribution in [2.75, 3.05) is 0 Å². The van der Waals surface area contributed by atoms with E-state index in [9.17, 15) is 13.2 Å². The summed E-state index contributed by atoms with van der Waals surface area (Å²) in [5.74, 6) is 0.165. The number of hydrogen-bond donors (Lipinski definition) is 0. The van der Waals surface area contributed by atoms with Gasteiger partial charge in [0.1, 0.15) is 0 Å². The van der Waals surface area contributed by atoms with E-state index < -0.39 is 11.9 Å². The van der Waals surface area contributed by atoms with Gasteiger partial charge in [-0.05, 0) is 6.07 Å². The Morgan fingerprint density at radius 1 is 1.00 bits per heavy atom. The van der Waals surface area contributed by atoms with E-state index in [2.05, 4.69) is 10.1 Å². The number of ether oxygens (including phenoxy) is 1. The highest BCUT2D eigenvalue weighted by molar-refractivity contribution is 5.59. The summed E-state index contributed by atoms with van der Waals surface area (Å²) in [5.41, 5.74) is 0.550. The summed E-state index contributed by atoms with van der Waals surface area (Å²) in [5, 5.41) is 3.40. The molecule has 0 N–H and O–H groups in total. The number of alkyl halides is 3. The topological polar surface area (TPSA) is 39.9 Å². The molecule has 2 aromatic heterocycles. The molecule has 4 nitrogen and oxygen atoms in total. The molecule has 0 fully saturated rings. The molecule has 2 heterocycles. The van der Waals surface area contributed by atoms with E-state index in [1.54, 1.807) is 18.2 Å². The van der Waals surface area contributed by atoms with Crippen molar-refractivity contribution in [2.24, 2.45) is 7.05 Å². The molecular weight excluding hydrogens is 307 g/mol. The number of pyridine rings is 1. The SMILES string of the molecule is Cn1nc(C(F)(F)F)cc1Oc1cccc(-c2ccccc2)n1. The number of aromatic nitrogens is 3. The minimum atomic E-state index is -4.52. The molecule has 0 radical (unpaired) electrons. The van der Waals surface area contributed by atoms with E-state index in [4.69, 9.17) is 4.74 Å². The van der Waals surface area contributed by atoms with Crippen molar-refractivity contribution in [2.45, 2.75) is 6.18 Å². The quantitative estimate of drug-likeness (QED) is 0.723. The number of rotatable bonds is 3. The Labute approximate surface area is 130 Å². The summed E-state index contributed by atoms with van der Waals surface area (Å²) in [6.07, 6.45) is -4.52. The van der Waals surface area contributed by atoms with Crippen molar-refractivity contribution in [3.8, 4) is 23.0 Å². The second-order valence-electron chi connectivity index (χ2n) is 4.82. The Kier molecular flexibility index (Phi) is 3.77. The summed E-state index contributed by atoms with van der Waals surface area (Å²) < 4.78 is 44.4. The molecule has 1 aromatic carbocycles. The molecule has 0 atom stereocenters. The average Bonchev–Trinajstić information content (AvgIpc) is 2.90. The van der Waals surface area contributed by atoms with Crippen LogP contribution in [0.3, 0.4) is 0 Å². The molecule has 3 aromatic rings. The summed E-state index contributed by atoms with van der Waals surface area (Å²) in [6.45, 7) is 0. The lowest BCUT2D eigenvalue weighted by atomic mass is 10.1. The number of nitrogens with zero attached hydrogens (tertiary/aromatic N) is 3. The van der Waals surface area contributed by atoms with Gasteiger partial charge in [0.05, 0.1) is 5.69 Å². The number of benzene rings is 1. The van der Waals surface area contributed by atoms with Crippen molar-refractivity contribution >= 4 is 0 Å². The van der Waals surface area contributed by atoms with Crippen LogP contribution in [-0.4, -0.2) is 14.8 Å². The van der Waals surface area contributed by atoms with Gasteiger partial charge in [-0.2, -0.15) is 18.3 Å². The minimum Gasteiger partial charge on any atom is -0.421 e. The molecular formula is C16H12F3N3O. The fraction of sp³-hybridized carbons (Fsp3) is 0.125. The Morgan fingerprint density at radius 3 is 2.39 bits per heavy atom. The molecule has 3 rings (SSSR count). The Morgan fingerprint density at radius 2 is 1.74 bits per heavy atom. The van der Waals surface area contributed by atoms with Crippen LogP contribution < -0.4 is 4.74 Å². The highest BCUT2D eigenvalue weighted by Crippen LogP contribution is 2.32. The van der Waals surface area contributed by atoms with E-state index in [0.717, 1.165) is 16.3 Å². The van der Waals surface area contributed by atoms with Crippen LogP contribution in [0, 0.1) is 0 Å². The van der Waals surface area contributed by atoms with Gasteiger partial charge in [0.25, 0.3) is 0 Å². The van der Waals surface area contributed by atoms with Crippen molar-refractivity contribution in [1.29, 1.82) is 0 Å². The molecule has 0 saturated heterocycles. The third-order valence-corrected chi connectivity index (χ3v) is 3.13. The maximum absolute atomic E-state index is 12.7. The maximum atomic E-state index is 12.7. The standard InChI is InChI=1S/C16H12F3N3O/c1-22-15(10-13(21-22)16(17,18)19)23-14-9-5-8-12(20-14)11-6-3-2-4-7-11/h2-10H,1H3. The van der Waals surface area contributed by atoms with Crippen LogP contribution in [0.1, 0.15) is 5.69 Å². The van der Waals surface area contributed by atoms with Crippen LogP contribution in [0.25, 0.3) is 11.3 Å². The van der Waals surface area contributed by atoms with Crippen LogP contribution in [0.5, 0.6) is 11.8 Å². The van der Waals surface area contributed by atoms with Gasteiger partial charge in [0.2, 0.25) is 11.8 Å². The second-order valence-corrected chi connectivity index (χ2v) is 4.82. The van der Waals surface area contributed by atoms with Gasteiger partial charge in [0, 0.05) is 24.7 Å². The van der Waals surface area contributed by atoms with Crippen molar-refractivity contribution < 1.29 is 17.9 Å². The van der Waals surface area contributed by atoms with Crippen LogP contribution in [0.4, 0.5) is 13.2 Å². The van der Waals surface area contributed by atoms with Crippen LogP contribution in [-0.2, 0) is 13.2 Å². The normalized spacial score (nSPS) is 11.5. The third kappa shape index (κ3) is 3.33. The molecule has 118 valence electrons. The van der Waals surface area contributed by atoms with Crippen LogP contribution in [0.15, 0.2) is 54.6 Å². The smallest absolute Gasteiger partial charge is 0.421 e. The van der Waals surface area contributed by atoms with E-state index in [1.165, 1.54) is 7.05 Å². The summed E-state index contributed by atoms with van der Waals surface area (Å²) in [4.78, 5) is 4.31. The zero-order chi connectivity index (χ0) is 16.4. The van der Waals surface area contributed by atoms with Gasteiger partial charge >= 0.3 is 6.18 Å². The first kappa shape index (κ1) is 15.1. The fourth-order valence-electron chi connectivity index (χ4n) is 2.03. The Balaban J connectivity index is 1.88. The summed E-state index contributed by atoms with van der Waals surface area (Å²) >= 11 is 0. The molecule has 0 aliphatic rings. The first-order chi connectivity index (χ1) is 10.9. The van der Waals surface area contributed by atoms with Gasteiger partial charge in [0.15, 0.2) is 5.69 Å². The lowest BCUT2D eigenvalue weighted by molar-refractivity contribution is -0.141. The fourth-order valence-corrected chi connectivity index (χ4v) is 2.03. The predicted molar refractivity (Wildman–Crippen MR) is 78.0 cm³/mol. The van der Waals surface area contributed by atoms with Gasteiger partial charge in [-0.25, -0.2) is 9.67 Å². The van der Waals surface area contributed by atoms with Crippen molar-refractivity contribution in [1.82, 2.24) is 14.8 Å². The Hall–Kier alpha value is -2.83. The van der Waals surface area contributed by atoms with Gasteiger partial charge in [-0.1, -0.05) is 36.4 Å². The molecule has 0 aliphatic heterocycles. The lowest BCUT2D eigenvalue weighted by Gasteiger charge is -2.06. The Bertz CT molecular complexity index is 813.